The van der Waals surface area contributed by atoms with Gasteiger partial charge in [-0.15, -0.1) is 0 Å². The number of pyridine rings is 1. The molecule has 0 radical (unpaired) electrons. The summed E-state index contributed by atoms with van der Waals surface area (Å²) in [4.78, 5) is 16.8. The molecule has 0 aliphatic rings. The minimum absolute atomic E-state index is 0.0523. The van der Waals surface area contributed by atoms with Crippen LogP contribution >= 0.6 is 0 Å². The highest BCUT2D eigenvalue weighted by Gasteiger charge is 2.20. The quantitative estimate of drug-likeness (QED) is 0.386. The summed E-state index contributed by atoms with van der Waals surface area (Å²) in [7, 11) is 1.63. The number of hydrogen-bond acceptors (Lipinski definition) is 5. The van der Waals surface area contributed by atoms with Gasteiger partial charge in [0.25, 0.3) is 0 Å². The van der Waals surface area contributed by atoms with Crippen LogP contribution in [0.5, 0.6) is 17.4 Å². The first-order chi connectivity index (χ1) is 16.5. The molecule has 0 aliphatic heterocycles. The molecule has 2 heterocycles. The summed E-state index contributed by atoms with van der Waals surface area (Å²) < 4.78 is 13.4. The van der Waals surface area contributed by atoms with Crippen LogP contribution in [0.2, 0.25) is 0 Å². The van der Waals surface area contributed by atoms with E-state index >= 15 is 0 Å². The lowest BCUT2D eigenvalue weighted by Gasteiger charge is -2.12. The number of nitrogens with zero attached hydrogens (tertiary/aromatic N) is 3. The van der Waals surface area contributed by atoms with Crippen molar-refractivity contribution < 1.29 is 14.3 Å². The van der Waals surface area contributed by atoms with Crippen molar-refractivity contribution in [3.63, 3.8) is 0 Å². The summed E-state index contributed by atoms with van der Waals surface area (Å²) >= 11 is 0. The Hall–Kier alpha value is -4.13. The smallest absolute Gasteiger partial charge is 0.226 e. The molecule has 1 N–H and O–H groups in total. The maximum absolute atomic E-state index is 12.5. The minimum Gasteiger partial charge on any atom is -0.497 e. The zero-order valence-corrected chi connectivity index (χ0v) is 19.6. The molecular formula is C27H28N4O3. The molecule has 0 atom stereocenters. The molecule has 0 aliphatic carbocycles. The standard InChI is InChI=1S/C27H28N4O3/c1-19-7-11-24(12-8-19)34-27-25(15-16-26(32)29-18-21-6-4-5-17-28-21)20(2)30-31(27)22-9-13-23(33-3)14-10-22/h4-14,17H,15-16,18H2,1-3H3,(H,29,32). The average Bonchev–Trinajstić information content (AvgIpc) is 3.18. The predicted octanol–water partition coefficient (Wildman–Crippen LogP) is 4.93. The fourth-order valence-corrected chi connectivity index (χ4v) is 3.57. The highest BCUT2D eigenvalue weighted by Crippen LogP contribution is 2.32. The summed E-state index contributed by atoms with van der Waals surface area (Å²) in [5, 5.41) is 7.66. The number of aromatic nitrogens is 3. The Balaban J connectivity index is 1.56. The lowest BCUT2D eigenvalue weighted by atomic mass is 10.1. The molecule has 174 valence electrons. The van der Waals surface area contributed by atoms with Crippen molar-refractivity contribution in [1.82, 2.24) is 20.1 Å². The van der Waals surface area contributed by atoms with E-state index in [-0.39, 0.29) is 5.91 Å². The summed E-state index contributed by atoms with van der Waals surface area (Å²) in [6.07, 6.45) is 2.52. The number of hydrogen-bond donors (Lipinski definition) is 1. The van der Waals surface area contributed by atoms with Crippen LogP contribution in [0.1, 0.15) is 28.9 Å². The Morgan fingerprint density at radius 3 is 2.38 bits per heavy atom. The van der Waals surface area contributed by atoms with Crippen molar-refractivity contribution in [1.29, 1.82) is 0 Å². The van der Waals surface area contributed by atoms with Gasteiger partial charge < -0.3 is 14.8 Å². The second-order valence-electron chi connectivity index (χ2n) is 7.99. The zero-order valence-electron chi connectivity index (χ0n) is 19.6. The van der Waals surface area contributed by atoms with Crippen molar-refractivity contribution in [2.45, 2.75) is 33.2 Å². The van der Waals surface area contributed by atoms with E-state index in [9.17, 15) is 4.79 Å². The van der Waals surface area contributed by atoms with E-state index in [2.05, 4.69) is 10.3 Å². The first-order valence-corrected chi connectivity index (χ1v) is 11.2. The minimum atomic E-state index is -0.0523. The van der Waals surface area contributed by atoms with Gasteiger partial charge in [0.15, 0.2) is 0 Å². The van der Waals surface area contributed by atoms with Crippen molar-refractivity contribution in [3.8, 4) is 23.1 Å². The van der Waals surface area contributed by atoms with Gasteiger partial charge in [-0.05, 0) is 68.8 Å². The van der Waals surface area contributed by atoms with Crippen LogP contribution in [0.3, 0.4) is 0 Å². The molecule has 2 aromatic carbocycles. The molecule has 2 aromatic heterocycles. The average molecular weight is 457 g/mol. The fraction of sp³-hybridized carbons (Fsp3) is 0.222. The zero-order chi connectivity index (χ0) is 23.9. The molecule has 0 saturated carbocycles. The lowest BCUT2D eigenvalue weighted by molar-refractivity contribution is -0.121. The molecule has 0 spiro atoms. The summed E-state index contributed by atoms with van der Waals surface area (Å²) in [6, 6.07) is 21.1. The van der Waals surface area contributed by atoms with E-state index in [1.807, 2.05) is 80.6 Å². The van der Waals surface area contributed by atoms with Gasteiger partial charge in [-0.2, -0.15) is 5.10 Å². The third-order valence-corrected chi connectivity index (χ3v) is 5.48. The molecular weight excluding hydrogens is 428 g/mol. The number of rotatable bonds is 9. The third-order valence-electron chi connectivity index (χ3n) is 5.48. The van der Waals surface area contributed by atoms with E-state index in [0.29, 0.717) is 31.0 Å². The highest BCUT2D eigenvalue weighted by molar-refractivity contribution is 5.76. The van der Waals surface area contributed by atoms with Crippen molar-refractivity contribution in [2.24, 2.45) is 0 Å². The number of carbonyl (C=O) groups excluding carboxylic acids is 1. The molecule has 0 saturated heterocycles. The number of amides is 1. The molecule has 7 nitrogen and oxygen atoms in total. The molecule has 0 fully saturated rings. The second-order valence-corrected chi connectivity index (χ2v) is 7.99. The number of aryl methyl sites for hydroxylation is 2. The van der Waals surface area contributed by atoms with Crippen LogP contribution in [0.25, 0.3) is 5.69 Å². The van der Waals surface area contributed by atoms with Gasteiger partial charge in [0.05, 0.1) is 30.7 Å². The molecule has 34 heavy (non-hydrogen) atoms. The molecule has 0 bridgehead atoms. The molecule has 1 amide bonds. The predicted molar refractivity (Wildman–Crippen MR) is 131 cm³/mol. The number of ether oxygens (including phenoxy) is 2. The summed E-state index contributed by atoms with van der Waals surface area (Å²) in [6.45, 7) is 4.37. The van der Waals surface area contributed by atoms with Crippen LogP contribution in [0.15, 0.2) is 72.9 Å². The van der Waals surface area contributed by atoms with Gasteiger partial charge in [0.1, 0.15) is 11.5 Å². The van der Waals surface area contributed by atoms with Gasteiger partial charge in [-0.1, -0.05) is 23.8 Å². The van der Waals surface area contributed by atoms with Crippen LogP contribution < -0.4 is 14.8 Å². The van der Waals surface area contributed by atoms with E-state index in [1.165, 1.54) is 0 Å². The largest absolute Gasteiger partial charge is 0.497 e. The first-order valence-electron chi connectivity index (χ1n) is 11.2. The number of methoxy groups -OCH3 is 1. The van der Waals surface area contributed by atoms with Crippen LogP contribution in [0.4, 0.5) is 0 Å². The van der Waals surface area contributed by atoms with E-state index in [0.717, 1.165) is 34.0 Å². The monoisotopic (exact) mass is 456 g/mol. The van der Waals surface area contributed by atoms with Crippen LogP contribution in [-0.4, -0.2) is 27.8 Å². The number of carbonyl (C=O) groups is 1. The van der Waals surface area contributed by atoms with Gasteiger partial charge >= 0.3 is 0 Å². The Morgan fingerprint density at radius 1 is 0.971 bits per heavy atom. The van der Waals surface area contributed by atoms with E-state index < -0.39 is 0 Å². The first kappa shape index (κ1) is 23.0. The van der Waals surface area contributed by atoms with Gasteiger partial charge in [0.2, 0.25) is 11.8 Å². The molecule has 4 aromatic rings. The molecule has 4 rings (SSSR count). The molecule has 7 heteroatoms. The Kier molecular flexibility index (Phi) is 7.22. The van der Waals surface area contributed by atoms with Crippen LogP contribution in [-0.2, 0) is 17.8 Å². The maximum atomic E-state index is 12.5. The molecule has 0 unspecified atom stereocenters. The Bertz CT molecular complexity index is 1230. The second kappa shape index (κ2) is 10.7. The Labute approximate surface area is 199 Å². The topological polar surface area (TPSA) is 78.3 Å². The normalized spacial score (nSPS) is 10.7. The van der Waals surface area contributed by atoms with E-state index in [1.54, 1.807) is 18.0 Å². The van der Waals surface area contributed by atoms with Crippen molar-refractivity contribution in [3.05, 3.63) is 95.4 Å². The lowest BCUT2D eigenvalue weighted by Crippen LogP contribution is -2.23. The third kappa shape index (κ3) is 5.61. The Morgan fingerprint density at radius 2 is 1.71 bits per heavy atom. The van der Waals surface area contributed by atoms with Crippen LogP contribution in [0, 0.1) is 13.8 Å². The number of nitrogens with one attached hydrogen (secondary N) is 1. The fourth-order valence-electron chi connectivity index (χ4n) is 3.57. The summed E-state index contributed by atoms with van der Waals surface area (Å²) in [5.41, 5.74) is 4.52. The van der Waals surface area contributed by atoms with Crippen molar-refractivity contribution in [2.75, 3.05) is 7.11 Å². The maximum Gasteiger partial charge on any atom is 0.226 e. The van der Waals surface area contributed by atoms with Gasteiger partial charge in [-0.3, -0.25) is 9.78 Å². The van der Waals surface area contributed by atoms with E-state index in [4.69, 9.17) is 14.6 Å². The SMILES string of the molecule is COc1ccc(-n2nc(C)c(CCC(=O)NCc3ccccn3)c2Oc2ccc(C)cc2)cc1. The number of benzene rings is 2. The van der Waals surface area contributed by atoms with Gasteiger partial charge in [-0.25, -0.2) is 4.68 Å². The highest BCUT2D eigenvalue weighted by atomic mass is 16.5. The summed E-state index contributed by atoms with van der Waals surface area (Å²) in [5.74, 6) is 2.02. The van der Waals surface area contributed by atoms with Gasteiger partial charge in [0, 0.05) is 18.2 Å². The van der Waals surface area contributed by atoms with Crippen molar-refractivity contribution >= 4 is 5.91 Å².